The Morgan fingerprint density at radius 3 is 2.67 bits per heavy atom. The first-order valence-electron chi connectivity index (χ1n) is 4.26. The maximum atomic E-state index is 10.9. The van der Waals surface area contributed by atoms with Crippen molar-refractivity contribution in [1.82, 2.24) is 0 Å². The van der Waals surface area contributed by atoms with Crippen LogP contribution >= 0.6 is 11.3 Å². The molecule has 0 aliphatic heterocycles. The van der Waals surface area contributed by atoms with Crippen LogP contribution in [0.3, 0.4) is 0 Å². The van der Waals surface area contributed by atoms with Crippen LogP contribution in [0.2, 0.25) is 0 Å². The molecule has 0 fully saturated rings. The highest BCUT2D eigenvalue weighted by Crippen LogP contribution is 2.22. The zero-order chi connectivity index (χ0) is 11.2. The molecule has 0 atom stereocenters. The molecule has 0 saturated heterocycles. The smallest absolute Gasteiger partial charge is 0.282 e. The summed E-state index contributed by atoms with van der Waals surface area (Å²) in [4.78, 5) is -0.0663. The van der Waals surface area contributed by atoms with Gasteiger partial charge in [0.2, 0.25) is 10.5 Å². The van der Waals surface area contributed by atoms with Gasteiger partial charge in [0.25, 0.3) is 10.1 Å². The maximum absolute atomic E-state index is 10.9. The number of aromatic nitrogens is 1. The number of fused-ring (bicyclic) bond motifs is 1. The van der Waals surface area contributed by atoms with Gasteiger partial charge in [-0.2, -0.15) is 13.0 Å². The predicted molar refractivity (Wildman–Crippen MR) is 57.6 cm³/mol. The molecule has 0 amide bonds. The molecule has 0 aliphatic rings. The van der Waals surface area contributed by atoms with E-state index in [2.05, 4.69) is 0 Å². The molecule has 6 heteroatoms. The van der Waals surface area contributed by atoms with E-state index in [1.807, 2.05) is 18.5 Å². The first-order chi connectivity index (χ1) is 6.89. The Morgan fingerprint density at radius 1 is 1.40 bits per heavy atom. The molecule has 0 spiro atoms. The molecule has 1 N–H and O–H groups in total. The van der Waals surface area contributed by atoms with E-state index in [1.165, 1.54) is 12.1 Å². The minimum Gasteiger partial charge on any atom is -0.282 e. The second kappa shape index (κ2) is 3.26. The van der Waals surface area contributed by atoms with Gasteiger partial charge in [0.15, 0.2) is 0 Å². The van der Waals surface area contributed by atoms with Crippen LogP contribution in [0.4, 0.5) is 0 Å². The van der Waals surface area contributed by atoms with Crippen LogP contribution in [0.25, 0.3) is 10.2 Å². The number of nitrogens with zero attached hydrogens (tertiary/aromatic N) is 1. The summed E-state index contributed by atoms with van der Waals surface area (Å²) in [5.41, 5.74) is 0.813. The van der Waals surface area contributed by atoms with Crippen molar-refractivity contribution in [1.29, 1.82) is 0 Å². The van der Waals surface area contributed by atoms with Crippen molar-refractivity contribution in [3.8, 4) is 0 Å². The summed E-state index contributed by atoms with van der Waals surface area (Å²) in [6, 6.07) is 4.60. The number of thiazole rings is 1. The van der Waals surface area contributed by atoms with E-state index in [0.717, 1.165) is 15.2 Å². The highest BCUT2D eigenvalue weighted by molar-refractivity contribution is 7.85. The first-order valence-corrected chi connectivity index (χ1v) is 6.52. The third-order valence-electron chi connectivity index (χ3n) is 2.32. The van der Waals surface area contributed by atoms with Crippen LogP contribution in [0.5, 0.6) is 0 Å². The van der Waals surface area contributed by atoms with Gasteiger partial charge in [-0.05, 0) is 12.1 Å². The Kier molecular flexibility index (Phi) is 2.29. The average molecular weight is 244 g/mol. The van der Waals surface area contributed by atoms with Crippen LogP contribution in [0.15, 0.2) is 23.1 Å². The highest BCUT2D eigenvalue weighted by atomic mass is 32.2. The van der Waals surface area contributed by atoms with Gasteiger partial charge in [-0.3, -0.25) is 4.55 Å². The lowest BCUT2D eigenvalue weighted by molar-refractivity contribution is -0.646. The van der Waals surface area contributed by atoms with Crippen LogP contribution in [0.1, 0.15) is 5.01 Å². The third-order valence-corrected chi connectivity index (χ3v) is 4.30. The fourth-order valence-corrected chi connectivity index (χ4v) is 2.89. The van der Waals surface area contributed by atoms with Gasteiger partial charge in [-0.1, -0.05) is 11.3 Å². The van der Waals surface area contributed by atoms with E-state index in [9.17, 15) is 8.42 Å². The maximum Gasteiger partial charge on any atom is 0.294 e. The number of rotatable bonds is 1. The van der Waals surface area contributed by atoms with Gasteiger partial charge in [0, 0.05) is 13.0 Å². The van der Waals surface area contributed by atoms with Crippen molar-refractivity contribution in [2.45, 2.75) is 11.8 Å². The lowest BCUT2D eigenvalue weighted by Crippen LogP contribution is -2.28. The molecular formula is C9H10NO3S2+. The molecule has 15 heavy (non-hydrogen) atoms. The Balaban J connectivity index is 2.81. The largest absolute Gasteiger partial charge is 0.294 e. The lowest BCUT2D eigenvalue weighted by Gasteiger charge is -1.94. The number of hydrogen-bond donors (Lipinski definition) is 1. The zero-order valence-corrected chi connectivity index (χ0v) is 9.89. The Morgan fingerprint density at radius 2 is 2.07 bits per heavy atom. The quantitative estimate of drug-likeness (QED) is 0.607. The summed E-state index contributed by atoms with van der Waals surface area (Å²) < 4.78 is 33.7. The molecule has 1 heterocycles. The van der Waals surface area contributed by atoms with Crippen molar-refractivity contribution in [2.24, 2.45) is 7.05 Å². The Hall–Kier alpha value is -0.980. The van der Waals surface area contributed by atoms with Gasteiger partial charge in [0.1, 0.15) is 16.6 Å². The van der Waals surface area contributed by atoms with Crippen molar-refractivity contribution < 1.29 is 17.5 Å². The molecule has 0 saturated carbocycles. The standard InChI is InChI=1S/C9H9NO3S2/c1-6-10(2)8-5-7(15(11,12)13)3-4-9(8)14-6/h3-5H,1-2H3/p+1. The Bertz CT molecular complexity index is 628. The number of aryl methyl sites for hydroxylation is 2. The molecule has 2 rings (SSSR count). The molecule has 0 radical (unpaired) electrons. The topological polar surface area (TPSA) is 58.3 Å². The third kappa shape index (κ3) is 1.75. The van der Waals surface area contributed by atoms with Gasteiger partial charge >= 0.3 is 0 Å². The molecule has 1 aromatic carbocycles. The van der Waals surface area contributed by atoms with Crippen LogP contribution in [-0.2, 0) is 17.2 Å². The van der Waals surface area contributed by atoms with Gasteiger partial charge in [-0.15, -0.1) is 0 Å². The summed E-state index contributed by atoms with van der Waals surface area (Å²) in [6.07, 6.45) is 0. The van der Waals surface area contributed by atoms with E-state index in [4.69, 9.17) is 4.55 Å². The van der Waals surface area contributed by atoms with Crippen molar-refractivity contribution in [3.63, 3.8) is 0 Å². The minimum atomic E-state index is -4.11. The van der Waals surface area contributed by atoms with Crippen LogP contribution in [-0.4, -0.2) is 13.0 Å². The SMILES string of the molecule is Cc1sc2ccc(S(=O)(=O)O)cc2[n+]1C. The zero-order valence-electron chi connectivity index (χ0n) is 8.26. The van der Waals surface area contributed by atoms with E-state index < -0.39 is 10.1 Å². The fourth-order valence-electron chi connectivity index (χ4n) is 1.40. The van der Waals surface area contributed by atoms with E-state index in [1.54, 1.807) is 17.4 Å². The fraction of sp³-hybridized carbons (Fsp3) is 0.222. The predicted octanol–water partition coefficient (Wildman–Crippen LogP) is 1.28. The van der Waals surface area contributed by atoms with E-state index in [-0.39, 0.29) is 4.90 Å². The molecular weight excluding hydrogens is 234 g/mol. The van der Waals surface area contributed by atoms with Crippen LogP contribution in [0, 0.1) is 6.92 Å². The van der Waals surface area contributed by atoms with Crippen molar-refractivity contribution in [2.75, 3.05) is 0 Å². The molecule has 0 unspecified atom stereocenters. The van der Waals surface area contributed by atoms with Crippen molar-refractivity contribution in [3.05, 3.63) is 23.2 Å². The van der Waals surface area contributed by atoms with Gasteiger partial charge in [0.05, 0.1) is 0 Å². The average Bonchev–Trinajstić information content (AvgIpc) is 2.41. The lowest BCUT2D eigenvalue weighted by atomic mass is 10.3. The number of hydrogen-bond acceptors (Lipinski definition) is 3. The van der Waals surface area contributed by atoms with E-state index in [0.29, 0.717) is 0 Å². The summed E-state index contributed by atoms with van der Waals surface area (Å²) in [5, 5.41) is 1.08. The second-order valence-electron chi connectivity index (χ2n) is 3.28. The van der Waals surface area contributed by atoms with Crippen molar-refractivity contribution >= 4 is 31.7 Å². The molecule has 0 bridgehead atoms. The monoisotopic (exact) mass is 244 g/mol. The molecule has 2 aromatic rings. The first kappa shape index (κ1) is 10.5. The number of benzene rings is 1. The van der Waals surface area contributed by atoms with Crippen LogP contribution < -0.4 is 4.57 Å². The van der Waals surface area contributed by atoms with E-state index >= 15 is 0 Å². The minimum absolute atomic E-state index is 0.0663. The second-order valence-corrected chi connectivity index (χ2v) is 5.94. The summed E-state index contributed by atoms with van der Waals surface area (Å²) in [5.74, 6) is 0. The normalized spacial score (nSPS) is 12.2. The molecule has 80 valence electrons. The molecule has 4 nitrogen and oxygen atoms in total. The summed E-state index contributed by atoms with van der Waals surface area (Å²) in [7, 11) is -2.25. The molecule has 1 aromatic heterocycles. The summed E-state index contributed by atoms with van der Waals surface area (Å²) >= 11 is 1.58. The molecule has 0 aliphatic carbocycles. The summed E-state index contributed by atoms with van der Waals surface area (Å²) in [6.45, 7) is 1.96. The van der Waals surface area contributed by atoms with Gasteiger partial charge < -0.3 is 0 Å². The highest BCUT2D eigenvalue weighted by Gasteiger charge is 2.17. The van der Waals surface area contributed by atoms with Gasteiger partial charge in [-0.25, -0.2) is 0 Å². The Labute approximate surface area is 91.5 Å².